The number of rotatable bonds is 2. The van der Waals surface area contributed by atoms with Crippen molar-refractivity contribution < 1.29 is 0 Å². The largest absolute Gasteiger partial charge is 0.382 e. The number of nitrogens with zero attached hydrogens (tertiary/aromatic N) is 2. The van der Waals surface area contributed by atoms with Gasteiger partial charge in [-0.05, 0) is 37.8 Å². The molecule has 4 rings (SSSR count). The van der Waals surface area contributed by atoms with Crippen molar-refractivity contribution in [2.24, 2.45) is 0 Å². The van der Waals surface area contributed by atoms with Crippen LogP contribution in [0.1, 0.15) is 36.6 Å². The highest BCUT2D eigenvalue weighted by Crippen LogP contribution is 2.45. The van der Waals surface area contributed by atoms with Gasteiger partial charge in [0.1, 0.15) is 0 Å². The lowest BCUT2D eigenvalue weighted by Crippen LogP contribution is -2.14. The molecule has 0 atom stereocenters. The highest BCUT2D eigenvalue weighted by molar-refractivity contribution is 5.59. The highest BCUT2D eigenvalue weighted by Gasteiger charge is 2.32. The first-order valence-corrected chi connectivity index (χ1v) is 6.84. The summed E-state index contributed by atoms with van der Waals surface area (Å²) in [5.74, 6) is 0.703. The second-order valence-electron chi connectivity index (χ2n) is 5.26. The molecule has 1 N–H and O–H groups in total. The quantitative estimate of drug-likeness (QED) is 0.872. The van der Waals surface area contributed by atoms with Crippen LogP contribution >= 0.6 is 0 Å². The van der Waals surface area contributed by atoms with Gasteiger partial charge in [-0.3, -0.25) is 0 Å². The van der Waals surface area contributed by atoms with Crippen LogP contribution in [-0.2, 0) is 6.42 Å². The average molecular weight is 239 g/mol. The highest BCUT2D eigenvalue weighted by atomic mass is 15.3. The molecule has 1 aromatic heterocycles. The van der Waals surface area contributed by atoms with E-state index in [1.165, 1.54) is 42.0 Å². The van der Waals surface area contributed by atoms with Crippen LogP contribution in [0.4, 0.5) is 5.69 Å². The molecule has 0 unspecified atom stereocenters. The minimum atomic E-state index is 0.703. The first kappa shape index (κ1) is 10.2. The summed E-state index contributed by atoms with van der Waals surface area (Å²) < 4.78 is 2.15. The minimum absolute atomic E-state index is 0.703. The molecule has 3 heteroatoms. The van der Waals surface area contributed by atoms with Crippen LogP contribution in [0.5, 0.6) is 0 Å². The molecule has 1 fully saturated rings. The zero-order chi connectivity index (χ0) is 11.9. The van der Waals surface area contributed by atoms with Crippen molar-refractivity contribution in [2.45, 2.75) is 31.6 Å². The Balaban J connectivity index is 1.87. The van der Waals surface area contributed by atoms with Crippen molar-refractivity contribution in [3.8, 4) is 5.69 Å². The zero-order valence-electron chi connectivity index (χ0n) is 10.4. The molecule has 2 aromatic rings. The van der Waals surface area contributed by atoms with E-state index >= 15 is 0 Å². The fourth-order valence-electron chi connectivity index (χ4n) is 2.79. The Morgan fingerprint density at radius 2 is 2.00 bits per heavy atom. The number of nitrogens with one attached hydrogen (secondary N) is 1. The van der Waals surface area contributed by atoms with Gasteiger partial charge in [0, 0.05) is 12.5 Å². The predicted molar refractivity (Wildman–Crippen MR) is 72.3 cm³/mol. The Bertz CT molecular complexity index is 567. The van der Waals surface area contributed by atoms with Crippen LogP contribution in [0.2, 0.25) is 0 Å². The number of anilines is 1. The fraction of sp³-hybridized carbons (Fsp3) is 0.400. The molecule has 92 valence electrons. The molecule has 0 amide bonds. The van der Waals surface area contributed by atoms with Crippen molar-refractivity contribution in [1.82, 2.24) is 9.78 Å². The molecular formula is C15H17N3. The van der Waals surface area contributed by atoms with E-state index in [1.54, 1.807) is 0 Å². The Kier molecular flexibility index (Phi) is 2.19. The Morgan fingerprint density at radius 1 is 1.17 bits per heavy atom. The second-order valence-corrected chi connectivity index (χ2v) is 5.26. The van der Waals surface area contributed by atoms with Crippen LogP contribution in [0.3, 0.4) is 0 Å². The first-order chi connectivity index (χ1) is 8.93. The fourth-order valence-corrected chi connectivity index (χ4v) is 2.79. The van der Waals surface area contributed by atoms with Crippen LogP contribution in [-0.4, -0.2) is 16.3 Å². The van der Waals surface area contributed by atoms with Crippen LogP contribution in [0.15, 0.2) is 30.3 Å². The number of benzene rings is 1. The van der Waals surface area contributed by atoms with Gasteiger partial charge in [0.2, 0.25) is 0 Å². The summed E-state index contributed by atoms with van der Waals surface area (Å²) in [7, 11) is 0. The van der Waals surface area contributed by atoms with E-state index < -0.39 is 0 Å². The second kappa shape index (κ2) is 3.87. The zero-order valence-corrected chi connectivity index (χ0v) is 10.4. The van der Waals surface area contributed by atoms with Gasteiger partial charge in [-0.15, -0.1) is 0 Å². The van der Waals surface area contributed by atoms with E-state index in [0.29, 0.717) is 5.92 Å². The lowest BCUT2D eigenvalue weighted by molar-refractivity contribution is 0.739. The monoisotopic (exact) mass is 239 g/mol. The predicted octanol–water partition coefficient (Wildman–Crippen LogP) is 3.11. The Labute approximate surface area is 107 Å². The maximum Gasteiger partial charge on any atom is 0.0894 e. The van der Waals surface area contributed by atoms with E-state index in [0.717, 1.165) is 13.0 Å². The van der Waals surface area contributed by atoms with E-state index in [9.17, 15) is 0 Å². The average Bonchev–Trinajstić information content (AvgIpc) is 3.21. The molecule has 18 heavy (non-hydrogen) atoms. The Morgan fingerprint density at radius 3 is 2.78 bits per heavy atom. The lowest BCUT2D eigenvalue weighted by atomic mass is 10.1. The molecule has 1 aromatic carbocycles. The van der Waals surface area contributed by atoms with Gasteiger partial charge >= 0.3 is 0 Å². The molecule has 0 bridgehead atoms. The summed E-state index contributed by atoms with van der Waals surface area (Å²) in [6.45, 7) is 1.09. The molecule has 1 saturated carbocycles. The van der Waals surface area contributed by atoms with Gasteiger partial charge in [0.15, 0.2) is 0 Å². The van der Waals surface area contributed by atoms with Crippen molar-refractivity contribution in [3.63, 3.8) is 0 Å². The third kappa shape index (κ3) is 1.54. The summed E-state index contributed by atoms with van der Waals surface area (Å²) in [5, 5.41) is 8.44. The number of hydrogen-bond acceptors (Lipinski definition) is 2. The normalized spacial score (nSPS) is 18.2. The summed E-state index contributed by atoms with van der Waals surface area (Å²) in [4.78, 5) is 0. The molecule has 1 aliphatic heterocycles. The van der Waals surface area contributed by atoms with E-state index in [1.807, 2.05) is 0 Å². The lowest BCUT2D eigenvalue weighted by Gasteiger charge is -2.16. The summed E-state index contributed by atoms with van der Waals surface area (Å²) in [5.41, 5.74) is 5.18. The number of aromatic nitrogens is 2. The molecule has 0 saturated heterocycles. The van der Waals surface area contributed by atoms with Crippen molar-refractivity contribution in [3.05, 3.63) is 41.7 Å². The number of fused-ring (bicyclic) bond motifs is 1. The van der Waals surface area contributed by atoms with Gasteiger partial charge in [0.05, 0.1) is 22.8 Å². The van der Waals surface area contributed by atoms with Gasteiger partial charge in [-0.1, -0.05) is 18.2 Å². The van der Waals surface area contributed by atoms with Gasteiger partial charge in [0.25, 0.3) is 0 Å². The number of para-hydroxylation sites is 1. The molecular weight excluding hydrogens is 222 g/mol. The maximum atomic E-state index is 4.88. The van der Waals surface area contributed by atoms with E-state index in [-0.39, 0.29) is 0 Å². The summed E-state index contributed by atoms with van der Waals surface area (Å²) in [6, 6.07) is 10.5. The standard InChI is InChI=1S/C15H17N3/c1-2-5-12(6-3-1)18-13-7-4-10-16-15(13)14(17-18)11-8-9-11/h1-3,5-6,11,16H,4,7-10H2. The van der Waals surface area contributed by atoms with Crippen molar-refractivity contribution in [2.75, 3.05) is 11.9 Å². The molecule has 3 nitrogen and oxygen atoms in total. The molecule has 0 spiro atoms. The maximum absolute atomic E-state index is 4.88. The molecule has 2 aliphatic rings. The summed E-state index contributed by atoms with van der Waals surface area (Å²) >= 11 is 0. The Hall–Kier alpha value is -1.77. The minimum Gasteiger partial charge on any atom is -0.382 e. The third-order valence-corrected chi connectivity index (χ3v) is 3.87. The van der Waals surface area contributed by atoms with E-state index in [2.05, 4.69) is 40.3 Å². The van der Waals surface area contributed by atoms with Crippen molar-refractivity contribution >= 4 is 5.69 Å². The molecule has 0 radical (unpaired) electrons. The number of hydrogen-bond donors (Lipinski definition) is 1. The van der Waals surface area contributed by atoms with Gasteiger partial charge < -0.3 is 5.32 Å². The first-order valence-electron chi connectivity index (χ1n) is 6.84. The van der Waals surface area contributed by atoms with E-state index in [4.69, 9.17) is 5.10 Å². The third-order valence-electron chi connectivity index (χ3n) is 3.87. The summed E-state index contributed by atoms with van der Waals surface area (Å²) in [6.07, 6.45) is 4.95. The van der Waals surface area contributed by atoms with Crippen LogP contribution in [0, 0.1) is 0 Å². The molecule has 1 aliphatic carbocycles. The SMILES string of the molecule is c1ccc(-n2nc(C3CC3)c3c2CCCN3)cc1. The van der Waals surface area contributed by atoms with Crippen LogP contribution < -0.4 is 5.32 Å². The smallest absolute Gasteiger partial charge is 0.0894 e. The topological polar surface area (TPSA) is 29.9 Å². The van der Waals surface area contributed by atoms with Crippen molar-refractivity contribution in [1.29, 1.82) is 0 Å². The van der Waals surface area contributed by atoms with Gasteiger partial charge in [-0.2, -0.15) is 5.10 Å². The van der Waals surface area contributed by atoms with Gasteiger partial charge in [-0.25, -0.2) is 4.68 Å². The van der Waals surface area contributed by atoms with Crippen LogP contribution in [0.25, 0.3) is 5.69 Å². The molecule has 2 heterocycles.